The van der Waals surface area contributed by atoms with Crippen LogP contribution >= 0.6 is 0 Å². The van der Waals surface area contributed by atoms with Crippen LogP contribution in [0.5, 0.6) is 0 Å². The van der Waals surface area contributed by atoms with E-state index in [4.69, 9.17) is 9.47 Å². The largest absolute Gasteiger partial charge is 0.379 e. The van der Waals surface area contributed by atoms with Gasteiger partial charge in [-0.1, -0.05) is 74.0 Å². The predicted molar refractivity (Wildman–Crippen MR) is 91.0 cm³/mol. The monoisotopic (exact) mass is 298 g/mol. The SMILES string of the molecule is CCCCOCCOC(Cc1ccccc1)c1ccccc1. The molecule has 0 aromatic heterocycles. The average Bonchev–Trinajstić information content (AvgIpc) is 2.58. The standard InChI is InChI=1S/C20H26O2/c1-2-3-14-21-15-16-22-20(19-12-8-5-9-13-19)17-18-10-6-4-7-11-18/h4-13,20H,2-3,14-17H2,1H3. The second-order valence-corrected chi connectivity index (χ2v) is 5.43. The summed E-state index contributed by atoms with van der Waals surface area (Å²) in [5, 5.41) is 0. The molecule has 0 saturated heterocycles. The molecule has 0 fully saturated rings. The fourth-order valence-corrected chi connectivity index (χ4v) is 2.37. The second-order valence-electron chi connectivity index (χ2n) is 5.43. The van der Waals surface area contributed by atoms with Crippen LogP contribution in [0.3, 0.4) is 0 Å². The van der Waals surface area contributed by atoms with Crippen LogP contribution in [0.2, 0.25) is 0 Å². The molecule has 0 aliphatic rings. The van der Waals surface area contributed by atoms with Gasteiger partial charge in [-0.25, -0.2) is 0 Å². The van der Waals surface area contributed by atoms with Crippen molar-refractivity contribution in [2.75, 3.05) is 19.8 Å². The number of rotatable bonds is 10. The summed E-state index contributed by atoms with van der Waals surface area (Å²) in [5.41, 5.74) is 2.52. The minimum absolute atomic E-state index is 0.0818. The van der Waals surface area contributed by atoms with Gasteiger partial charge in [0.05, 0.1) is 19.3 Å². The molecule has 0 heterocycles. The summed E-state index contributed by atoms with van der Waals surface area (Å²) >= 11 is 0. The Kier molecular flexibility index (Phi) is 7.71. The second kappa shape index (κ2) is 10.1. The molecule has 2 rings (SSSR count). The zero-order valence-electron chi connectivity index (χ0n) is 13.4. The molecular formula is C20H26O2. The molecular weight excluding hydrogens is 272 g/mol. The van der Waals surface area contributed by atoms with E-state index in [2.05, 4.69) is 55.5 Å². The number of hydrogen-bond donors (Lipinski definition) is 0. The lowest BCUT2D eigenvalue weighted by Gasteiger charge is -2.19. The van der Waals surface area contributed by atoms with Crippen LogP contribution in [0.25, 0.3) is 0 Å². The first kappa shape index (κ1) is 16.7. The van der Waals surface area contributed by atoms with Crippen LogP contribution in [-0.4, -0.2) is 19.8 Å². The third kappa shape index (κ3) is 6.00. The Hall–Kier alpha value is -1.64. The Balaban J connectivity index is 1.88. The lowest BCUT2D eigenvalue weighted by molar-refractivity contribution is 0.00335. The maximum Gasteiger partial charge on any atom is 0.0866 e. The Morgan fingerprint density at radius 2 is 1.50 bits per heavy atom. The van der Waals surface area contributed by atoms with E-state index < -0.39 is 0 Å². The van der Waals surface area contributed by atoms with E-state index in [1.165, 1.54) is 17.5 Å². The van der Waals surface area contributed by atoms with Crippen molar-refractivity contribution in [3.63, 3.8) is 0 Å². The topological polar surface area (TPSA) is 18.5 Å². The molecule has 0 aliphatic carbocycles. The highest BCUT2D eigenvalue weighted by atomic mass is 16.5. The van der Waals surface area contributed by atoms with Crippen LogP contribution in [-0.2, 0) is 15.9 Å². The number of benzene rings is 2. The fraction of sp³-hybridized carbons (Fsp3) is 0.400. The van der Waals surface area contributed by atoms with Crippen LogP contribution in [0.15, 0.2) is 60.7 Å². The predicted octanol–water partition coefficient (Wildman–Crippen LogP) is 4.80. The van der Waals surface area contributed by atoms with Gasteiger partial charge in [-0.3, -0.25) is 0 Å². The van der Waals surface area contributed by atoms with E-state index in [9.17, 15) is 0 Å². The van der Waals surface area contributed by atoms with E-state index >= 15 is 0 Å². The van der Waals surface area contributed by atoms with Crippen molar-refractivity contribution in [3.05, 3.63) is 71.8 Å². The van der Waals surface area contributed by atoms with Crippen molar-refractivity contribution < 1.29 is 9.47 Å². The highest BCUT2D eigenvalue weighted by Gasteiger charge is 2.12. The van der Waals surface area contributed by atoms with Gasteiger partial charge in [0.15, 0.2) is 0 Å². The van der Waals surface area contributed by atoms with Gasteiger partial charge in [0.25, 0.3) is 0 Å². The Morgan fingerprint density at radius 3 is 2.18 bits per heavy atom. The smallest absolute Gasteiger partial charge is 0.0866 e. The molecule has 118 valence electrons. The van der Waals surface area contributed by atoms with Gasteiger partial charge in [0.2, 0.25) is 0 Å². The van der Waals surface area contributed by atoms with Crippen molar-refractivity contribution in [1.82, 2.24) is 0 Å². The quantitative estimate of drug-likeness (QED) is 0.586. The molecule has 1 atom stereocenters. The van der Waals surface area contributed by atoms with Crippen molar-refractivity contribution >= 4 is 0 Å². The molecule has 1 unspecified atom stereocenters. The van der Waals surface area contributed by atoms with Crippen LogP contribution in [0.4, 0.5) is 0 Å². The molecule has 2 aromatic carbocycles. The molecule has 0 saturated carbocycles. The third-order valence-corrected chi connectivity index (χ3v) is 3.62. The first-order valence-corrected chi connectivity index (χ1v) is 8.18. The Labute approximate surface area is 134 Å². The Bertz CT molecular complexity index is 496. The highest BCUT2D eigenvalue weighted by Crippen LogP contribution is 2.22. The molecule has 0 N–H and O–H groups in total. The molecule has 22 heavy (non-hydrogen) atoms. The van der Waals surface area contributed by atoms with Gasteiger partial charge < -0.3 is 9.47 Å². The van der Waals surface area contributed by atoms with Crippen molar-refractivity contribution in [2.45, 2.75) is 32.3 Å². The van der Waals surface area contributed by atoms with Gasteiger partial charge in [-0.05, 0) is 17.5 Å². The van der Waals surface area contributed by atoms with E-state index in [0.29, 0.717) is 13.2 Å². The first-order chi connectivity index (χ1) is 10.9. The van der Waals surface area contributed by atoms with Crippen molar-refractivity contribution in [2.24, 2.45) is 0 Å². The summed E-state index contributed by atoms with van der Waals surface area (Å²) in [6.45, 7) is 4.30. The summed E-state index contributed by atoms with van der Waals surface area (Å²) in [4.78, 5) is 0. The lowest BCUT2D eigenvalue weighted by Crippen LogP contribution is -2.12. The number of hydrogen-bond acceptors (Lipinski definition) is 2. The van der Waals surface area contributed by atoms with Gasteiger partial charge in [-0.15, -0.1) is 0 Å². The van der Waals surface area contributed by atoms with Crippen LogP contribution < -0.4 is 0 Å². The van der Waals surface area contributed by atoms with Gasteiger partial charge in [0.1, 0.15) is 0 Å². The molecule has 0 aliphatic heterocycles. The fourth-order valence-electron chi connectivity index (χ4n) is 2.37. The zero-order chi connectivity index (χ0) is 15.5. The normalized spacial score (nSPS) is 12.2. The number of ether oxygens (including phenoxy) is 2. The molecule has 2 nitrogen and oxygen atoms in total. The lowest BCUT2D eigenvalue weighted by atomic mass is 10.0. The third-order valence-electron chi connectivity index (χ3n) is 3.62. The van der Waals surface area contributed by atoms with Gasteiger partial charge in [-0.2, -0.15) is 0 Å². The molecule has 2 aromatic rings. The van der Waals surface area contributed by atoms with Gasteiger partial charge >= 0.3 is 0 Å². The Morgan fingerprint density at radius 1 is 0.818 bits per heavy atom. The minimum atomic E-state index is 0.0818. The average molecular weight is 298 g/mol. The molecule has 2 heteroatoms. The summed E-state index contributed by atoms with van der Waals surface area (Å²) < 4.78 is 11.7. The molecule has 0 amide bonds. The van der Waals surface area contributed by atoms with E-state index in [0.717, 1.165) is 19.4 Å². The summed E-state index contributed by atoms with van der Waals surface area (Å²) in [5.74, 6) is 0. The highest BCUT2D eigenvalue weighted by molar-refractivity contribution is 5.22. The van der Waals surface area contributed by atoms with E-state index in [1.807, 2.05) is 12.1 Å². The summed E-state index contributed by atoms with van der Waals surface area (Å²) in [7, 11) is 0. The molecule has 0 bridgehead atoms. The van der Waals surface area contributed by atoms with Crippen molar-refractivity contribution in [3.8, 4) is 0 Å². The molecule has 0 spiro atoms. The van der Waals surface area contributed by atoms with E-state index in [1.54, 1.807) is 0 Å². The zero-order valence-corrected chi connectivity index (χ0v) is 13.4. The van der Waals surface area contributed by atoms with Gasteiger partial charge in [0, 0.05) is 13.0 Å². The summed E-state index contributed by atoms with van der Waals surface area (Å²) in [6.07, 6.45) is 3.26. The maximum absolute atomic E-state index is 6.09. The minimum Gasteiger partial charge on any atom is -0.379 e. The maximum atomic E-state index is 6.09. The summed E-state index contributed by atoms with van der Waals surface area (Å²) in [6, 6.07) is 20.9. The van der Waals surface area contributed by atoms with Crippen LogP contribution in [0, 0.1) is 0 Å². The van der Waals surface area contributed by atoms with E-state index in [-0.39, 0.29) is 6.10 Å². The number of unbranched alkanes of at least 4 members (excludes halogenated alkanes) is 1. The van der Waals surface area contributed by atoms with Crippen molar-refractivity contribution in [1.29, 1.82) is 0 Å². The first-order valence-electron chi connectivity index (χ1n) is 8.18. The van der Waals surface area contributed by atoms with Crippen LogP contribution in [0.1, 0.15) is 37.0 Å². The molecule has 0 radical (unpaired) electrons.